The number of hydrogen-bond donors (Lipinski definition) is 0. The fourth-order valence-electron chi connectivity index (χ4n) is 2.79. The highest BCUT2D eigenvalue weighted by molar-refractivity contribution is 5.94. The molecule has 1 aromatic heterocycles. The number of methoxy groups -OCH3 is 1. The molecule has 3 heteroatoms. The summed E-state index contributed by atoms with van der Waals surface area (Å²) in [5, 5.41) is 1.01. The molecule has 1 unspecified atom stereocenters. The van der Waals surface area contributed by atoms with Crippen LogP contribution in [0.1, 0.15) is 37.2 Å². The molecule has 0 amide bonds. The van der Waals surface area contributed by atoms with Crippen molar-refractivity contribution >= 4 is 16.8 Å². The number of carbonyl (C=O) groups excluding carboxylic acids is 1. The summed E-state index contributed by atoms with van der Waals surface area (Å²) in [5.74, 6) is 1.07. The third-order valence-electron chi connectivity index (χ3n) is 3.74. The van der Waals surface area contributed by atoms with E-state index in [4.69, 9.17) is 9.15 Å². The number of fused-ring (bicyclic) bond motifs is 1. The van der Waals surface area contributed by atoms with Crippen LogP contribution < -0.4 is 4.74 Å². The highest BCUT2D eigenvalue weighted by atomic mass is 16.5. The maximum Gasteiger partial charge on any atom is 0.175 e. The van der Waals surface area contributed by atoms with Gasteiger partial charge < -0.3 is 9.15 Å². The van der Waals surface area contributed by atoms with Gasteiger partial charge >= 0.3 is 0 Å². The van der Waals surface area contributed by atoms with Gasteiger partial charge in [0.15, 0.2) is 11.3 Å². The lowest BCUT2D eigenvalue weighted by molar-refractivity contribution is -0.121. The standard InChI is InChI=1S/C15H16O3/c1-17-14-8-4-6-11-12(9-18-15(11)14)10-5-2-3-7-13(10)16/h4,6,8-10H,2-3,5,7H2,1H3. The van der Waals surface area contributed by atoms with Crippen molar-refractivity contribution in [2.45, 2.75) is 31.6 Å². The number of para-hydroxylation sites is 1. The van der Waals surface area contributed by atoms with E-state index in [9.17, 15) is 4.79 Å². The Hall–Kier alpha value is -1.77. The maximum atomic E-state index is 12.0. The predicted molar refractivity (Wildman–Crippen MR) is 69.0 cm³/mol. The van der Waals surface area contributed by atoms with Gasteiger partial charge in [0, 0.05) is 23.3 Å². The average molecular weight is 244 g/mol. The van der Waals surface area contributed by atoms with E-state index in [-0.39, 0.29) is 5.92 Å². The fraction of sp³-hybridized carbons (Fsp3) is 0.400. The van der Waals surface area contributed by atoms with Crippen molar-refractivity contribution in [2.75, 3.05) is 7.11 Å². The van der Waals surface area contributed by atoms with E-state index in [1.165, 1.54) is 0 Å². The molecule has 0 saturated heterocycles. The van der Waals surface area contributed by atoms with Crippen LogP contribution in [-0.4, -0.2) is 12.9 Å². The summed E-state index contributed by atoms with van der Waals surface area (Å²) in [7, 11) is 1.63. The zero-order valence-corrected chi connectivity index (χ0v) is 10.4. The van der Waals surface area contributed by atoms with E-state index in [0.717, 1.165) is 41.5 Å². The molecule has 94 valence electrons. The number of benzene rings is 1. The van der Waals surface area contributed by atoms with Gasteiger partial charge in [-0.25, -0.2) is 0 Å². The highest BCUT2D eigenvalue weighted by Crippen LogP contribution is 2.38. The van der Waals surface area contributed by atoms with Crippen molar-refractivity contribution in [1.29, 1.82) is 0 Å². The number of furan rings is 1. The van der Waals surface area contributed by atoms with E-state index < -0.39 is 0 Å². The molecule has 0 spiro atoms. The van der Waals surface area contributed by atoms with Gasteiger partial charge in [0.2, 0.25) is 0 Å². The Labute approximate surface area is 106 Å². The molecule has 1 aromatic carbocycles. The second-order valence-electron chi connectivity index (χ2n) is 4.79. The van der Waals surface area contributed by atoms with Gasteiger partial charge in [-0.2, -0.15) is 0 Å². The molecule has 3 rings (SSSR count). The van der Waals surface area contributed by atoms with Crippen LogP contribution in [0.3, 0.4) is 0 Å². The van der Waals surface area contributed by atoms with Crippen LogP contribution in [0.15, 0.2) is 28.9 Å². The first kappa shape index (κ1) is 11.3. The summed E-state index contributed by atoms with van der Waals surface area (Å²) >= 11 is 0. The SMILES string of the molecule is COc1cccc2c(C3CCCCC3=O)coc12. The van der Waals surface area contributed by atoms with Gasteiger partial charge in [0.25, 0.3) is 0 Å². The third-order valence-corrected chi connectivity index (χ3v) is 3.74. The van der Waals surface area contributed by atoms with Crippen LogP contribution in [0.5, 0.6) is 5.75 Å². The first-order valence-corrected chi connectivity index (χ1v) is 6.38. The van der Waals surface area contributed by atoms with Crippen LogP contribution in [-0.2, 0) is 4.79 Å². The second-order valence-corrected chi connectivity index (χ2v) is 4.79. The lowest BCUT2D eigenvalue weighted by atomic mass is 9.83. The zero-order chi connectivity index (χ0) is 12.5. The normalized spacial score (nSPS) is 20.3. The quantitative estimate of drug-likeness (QED) is 0.809. The van der Waals surface area contributed by atoms with Crippen molar-refractivity contribution in [3.63, 3.8) is 0 Å². The third kappa shape index (κ3) is 1.70. The number of ketones is 1. The Kier molecular flexibility index (Phi) is 2.82. The van der Waals surface area contributed by atoms with Crippen molar-refractivity contribution < 1.29 is 13.9 Å². The molecule has 1 aliphatic carbocycles. The average Bonchev–Trinajstić information content (AvgIpc) is 2.83. The lowest BCUT2D eigenvalue weighted by Gasteiger charge is -2.19. The van der Waals surface area contributed by atoms with Crippen LogP contribution in [0, 0.1) is 0 Å². The number of ether oxygens (including phenoxy) is 1. The molecule has 18 heavy (non-hydrogen) atoms. The monoisotopic (exact) mass is 244 g/mol. The highest BCUT2D eigenvalue weighted by Gasteiger charge is 2.27. The Bertz CT molecular complexity index is 582. The molecule has 1 aliphatic rings. The fourth-order valence-corrected chi connectivity index (χ4v) is 2.79. The van der Waals surface area contributed by atoms with Crippen LogP contribution in [0.2, 0.25) is 0 Å². The van der Waals surface area contributed by atoms with Crippen molar-refractivity contribution in [2.24, 2.45) is 0 Å². The van der Waals surface area contributed by atoms with E-state index in [0.29, 0.717) is 12.2 Å². The largest absolute Gasteiger partial charge is 0.493 e. The first-order valence-electron chi connectivity index (χ1n) is 6.38. The molecule has 1 heterocycles. The summed E-state index contributed by atoms with van der Waals surface area (Å²) in [6, 6.07) is 5.81. The van der Waals surface area contributed by atoms with Crippen LogP contribution >= 0.6 is 0 Å². The van der Waals surface area contributed by atoms with Gasteiger partial charge in [-0.15, -0.1) is 0 Å². The summed E-state index contributed by atoms with van der Waals surface area (Å²) in [5.41, 5.74) is 1.77. The molecule has 1 saturated carbocycles. The summed E-state index contributed by atoms with van der Waals surface area (Å²) in [4.78, 5) is 12.0. The Morgan fingerprint density at radius 1 is 1.33 bits per heavy atom. The Morgan fingerprint density at radius 2 is 2.22 bits per heavy atom. The molecular weight excluding hydrogens is 228 g/mol. The number of hydrogen-bond acceptors (Lipinski definition) is 3. The molecule has 0 bridgehead atoms. The van der Waals surface area contributed by atoms with E-state index >= 15 is 0 Å². The molecule has 0 N–H and O–H groups in total. The van der Waals surface area contributed by atoms with E-state index in [1.807, 2.05) is 18.2 Å². The Balaban J connectivity index is 2.09. The van der Waals surface area contributed by atoms with Gasteiger partial charge in [0.05, 0.1) is 13.4 Å². The number of carbonyl (C=O) groups is 1. The van der Waals surface area contributed by atoms with Gasteiger partial charge in [-0.05, 0) is 18.9 Å². The van der Waals surface area contributed by atoms with Crippen LogP contribution in [0.25, 0.3) is 11.0 Å². The van der Waals surface area contributed by atoms with Crippen molar-refractivity contribution in [3.8, 4) is 5.75 Å². The Morgan fingerprint density at radius 3 is 3.00 bits per heavy atom. The summed E-state index contributed by atoms with van der Waals surface area (Å²) < 4.78 is 10.9. The van der Waals surface area contributed by atoms with Gasteiger partial charge in [-0.3, -0.25) is 4.79 Å². The van der Waals surface area contributed by atoms with E-state index in [2.05, 4.69) is 0 Å². The van der Waals surface area contributed by atoms with Gasteiger partial charge in [-0.1, -0.05) is 18.6 Å². The summed E-state index contributed by atoms with van der Waals surface area (Å²) in [6.45, 7) is 0. The smallest absolute Gasteiger partial charge is 0.175 e. The molecule has 0 aliphatic heterocycles. The van der Waals surface area contributed by atoms with Crippen molar-refractivity contribution in [3.05, 3.63) is 30.0 Å². The summed E-state index contributed by atoms with van der Waals surface area (Å²) in [6.07, 6.45) is 5.49. The number of Topliss-reactive ketones (excluding diaryl/α,β-unsaturated/α-hetero) is 1. The maximum absolute atomic E-state index is 12.0. The molecule has 1 atom stereocenters. The molecule has 1 fully saturated rings. The minimum atomic E-state index is 0.00658. The van der Waals surface area contributed by atoms with Crippen molar-refractivity contribution in [1.82, 2.24) is 0 Å². The molecule has 3 nitrogen and oxygen atoms in total. The van der Waals surface area contributed by atoms with Gasteiger partial charge in [0.1, 0.15) is 5.78 Å². The van der Waals surface area contributed by atoms with E-state index in [1.54, 1.807) is 13.4 Å². The van der Waals surface area contributed by atoms with Crippen LogP contribution in [0.4, 0.5) is 0 Å². The molecule has 0 radical (unpaired) electrons. The lowest BCUT2D eigenvalue weighted by Crippen LogP contribution is -2.16. The second kappa shape index (κ2) is 4.48. The first-order chi connectivity index (χ1) is 8.81. The topological polar surface area (TPSA) is 39.4 Å². The predicted octanol–water partition coefficient (Wildman–Crippen LogP) is 3.67. The molecular formula is C15H16O3. The zero-order valence-electron chi connectivity index (χ0n) is 10.4. The molecule has 2 aromatic rings. The minimum Gasteiger partial charge on any atom is -0.493 e. The number of rotatable bonds is 2. The minimum absolute atomic E-state index is 0.00658.